The quantitative estimate of drug-likeness (QED) is 0.145. The van der Waals surface area contributed by atoms with Gasteiger partial charge in [-0.15, -0.1) is 0 Å². The van der Waals surface area contributed by atoms with Gasteiger partial charge in [0.05, 0.1) is 5.56 Å². The predicted octanol–water partition coefficient (Wildman–Crippen LogP) is 10.1. The van der Waals surface area contributed by atoms with Crippen LogP contribution in [0.3, 0.4) is 0 Å². The van der Waals surface area contributed by atoms with Crippen molar-refractivity contribution in [2.45, 2.75) is 122 Å². The van der Waals surface area contributed by atoms with E-state index in [9.17, 15) is 4.79 Å². The van der Waals surface area contributed by atoms with Crippen LogP contribution in [-0.2, 0) is 6.42 Å². The van der Waals surface area contributed by atoms with Gasteiger partial charge in [-0.25, -0.2) is 4.79 Å². The average molecular weight is 477 g/mol. The predicted molar refractivity (Wildman–Crippen MR) is 148 cm³/mol. The summed E-state index contributed by atoms with van der Waals surface area (Å²) < 4.78 is 5.81. The average Bonchev–Trinajstić information content (AvgIpc) is 2.90. The molecule has 35 heavy (non-hydrogen) atoms. The van der Waals surface area contributed by atoms with Gasteiger partial charge in [0, 0.05) is 0 Å². The molecule has 2 heteroatoms. The zero-order valence-electron chi connectivity index (χ0n) is 22.4. The Balaban J connectivity index is 1.48. The molecule has 2 nitrogen and oxygen atoms in total. The van der Waals surface area contributed by atoms with E-state index < -0.39 is 0 Å². The van der Waals surface area contributed by atoms with Gasteiger partial charge < -0.3 is 4.74 Å². The van der Waals surface area contributed by atoms with Crippen molar-refractivity contribution in [2.24, 2.45) is 5.92 Å². The maximum absolute atomic E-state index is 13.1. The summed E-state index contributed by atoms with van der Waals surface area (Å²) in [6.07, 6.45) is 20.8. The van der Waals surface area contributed by atoms with E-state index in [2.05, 4.69) is 38.1 Å². The zero-order valence-corrected chi connectivity index (χ0v) is 22.4. The van der Waals surface area contributed by atoms with Crippen LogP contribution in [0.25, 0.3) is 0 Å². The standard InChI is InChI=1S/C33H48O2/c1-3-5-7-9-11-15-27-19-23-29(24-20-27)31-17-13-14-18-32(31)33(34)35-30-25-21-28(22-26-30)16-12-10-8-6-4-2/h13-14,17-18,21-22,25-27,29H,3-12,15-16,19-20,23-24H2,1-2H3. The van der Waals surface area contributed by atoms with Crippen molar-refractivity contribution < 1.29 is 9.53 Å². The summed E-state index contributed by atoms with van der Waals surface area (Å²) in [6.45, 7) is 4.53. The molecule has 192 valence electrons. The van der Waals surface area contributed by atoms with Crippen LogP contribution in [0.15, 0.2) is 48.5 Å². The number of esters is 1. The Hall–Kier alpha value is -2.09. The van der Waals surface area contributed by atoms with Gasteiger partial charge in [0.25, 0.3) is 0 Å². The minimum absolute atomic E-state index is 0.217. The minimum atomic E-state index is -0.217. The molecule has 0 bridgehead atoms. The first kappa shape index (κ1) is 27.5. The lowest BCUT2D eigenvalue weighted by molar-refractivity contribution is 0.0732. The van der Waals surface area contributed by atoms with Gasteiger partial charge in [-0.2, -0.15) is 0 Å². The van der Waals surface area contributed by atoms with Crippen molar-refractivity contribution in [3.8, 4) is 5.75 Å². The fourth-order valence-electron chi connectivity index (χ4n) is 5.66. The lowest BCUT2D eigenvalue weighted by atomic mass is 9.76. The van der Waals surface area contributed by atoms with Crippen LogP contribution in [0.2, 0.25) is 0 Å². The molecule has 0 atom stereocenters. The second kappa shape index (κ2) is 15.8. The van der Waals surface area contributed by atoms with Crippen LogP contribution >= 0.6 is 0 Å². The first-order chi connectivity index (χ1) is 17.2. The molecule has 1 saturated carbocycles. The van der Waals surface area contributed by atoms with Crippen LogP contribution in [-0.4, -0.2) is 5.97 Å². The van der Waals surface area contributed by atoms with E-state index in [1.54, 1.807) is 0 Å². The number of benzene rings is 2. The number of hydrogen-bond donors (Lipinski definition) is 0. The third-order valence-electron chi connectivity index (χ3n) is 7.89. The van der Waals surface area contributed by atoms with Gasteiger partial charge >= 0.3 is 5.97 Å². The number of aryl methyl sites for hydroxylation is 1. The van der Waals surface area contributed by atoms with Gasteiger partial charge in [-0.1, -0.05) is 108 Å². The topological polar surface area (TPSA) is 26.3 Å². The van der Waals surface area contributed by atoms with Crippen molar-refractivity contribution in [3.05, 3.63) is 65.2 Å². The molecule has 0 heterocycles. The number of hydrogen-bond acceptors (Lipinski definition) is 2. The molecule has 0 N–H and O–H groups in total. The molecule has 0 aliphatic heterocycles. The first-order valence-electron chi connectivity index (χ1n) is 14.6. The lowest BCUT2D eigenvalue weighted by Crippen LogP contribution is -2.18. The summed E-state index contributed by atoms with van der Waals surface area (Å²) >= 11 is 0. The number of rotatable bonds is 15. The first-order valence-corrected chi connectivity index (χ1v) is 14.6. The monoisotopic (exact) mass is 476 g/mol. The largest absolute Gasteiger partial charge is 0.423 e. The molecular weight excluding hydrogens is 428 g/mol. The van der Waals surface area contributed by atoms with E-state index >= 15 is 0 Å². The SMILES string of the molecule is CCCCCCCc1ccc(OC(=O)c2ccccc2C2CCC(CCCCCCC)CC2)cc1. The summed E-state index contributed by atoms with van der Waals surface area (Å²) in [5, 5.41) is 0. The van der Waals surface area contributed by atoms with Crippen LogP contribution in [0, 0.1) is 5.92 Å². The fraction of sp³-hybridized carbons (Fsp3) is 0.606. The molecule has 1 aliphatic rings. The molecule has 0 aromatic heterocycles. The summed E-state index contributed by atoms with van der Waals surface area (Å²) in [4.78, 5) is 13.1. The van der Waals surface area contributed by atoms with Crippen LogP contribution < -0.4 is 4.74 Å². The Labute approximate surface area is 214 Å². The van der Waals surface area contributed by atoms with Crippen LogP contribution in [0.4, 0.5) is 0 Å². The molecule has 2 aromatic carbocycles. The maximum Gasteiger partial charge on any atom is 0.343 e. The summed E-state index contributed by atoms with van der Waals surface area (Å²) in [7, 11) is 0. The second-order valence-electron chi connectivity index (χ2n) is 10.7. The van der Waals surface area contributed by atoms with E-state index in [0.717, 1.165) is 17.9 Å². The van der Waals surface area contributed by atoms with Crippen molar-refractivity contribution in [1.29, 1.82) is 0 Å². The number of ether oxygens (including phenoxy) is 1. The Morgan fingerprint density at radius 1 is 0.743 bits per heavy atom. The third-order valence-corrected chi connectivity index (χ3v) is 7.89. The van der Waals surface area contributed by atoms with Crippen molar-refractivity contribution in [1.82, 2.24) is 0 Å². The van der Waals surface area contributed by atoms with Gasteiger partial charge in [-0.3, -0.25) is 0 Å². The summed E-state index contributed by atoms with van der Waals surface area (Å²) in [5.41, 5.74) is 3.25. The maximum atomic E-state index is 13.1. The molecular formula is C33H48O2. The van der Waals surface area contributed by atoms with E-state index in [1.807, 2.05) is 24.3 Å². The highest BCUT2D eigenvalue weighted by molar-refractivity contribution is 5.92. The molecule has 3 rings (SSSR count). The lowest BCUT2D eigenvalue weighted by Gasteiger charge is -2.29. The van der Waals surface area contributed by atoms with Gasteiger partial charge in [0.15, 0.2) is 0 Å². The van der Waals surface area contributed by atoms with Crippen molar-refractivity contribution >= 4 is 5.97 Å². The van der Waals surface area contributed by atoms with Crippen LogP contribution in [0.1, 0.15) is 138 Å². The number of carbonyl (C=O) groups is 1. The van der Waals surface area contributed by atoms with Gasteiger partial charge in [0.2, 0.25) is 0 Å². The summed E-state index contributed by atoms with van der Waals surface area (Å²) in [5.74, 6) is 1.78. The molecule has 0 amide bonds. The number of unbranched alkanes of at least 4 members (excludes halogenated alkanes) is 8. The fourth-order valence-corrected chi connectivity index (χ4v) is 5.66. The molecule has 2 aromatic rings. The molecule has 1 fully saturated rings. The van der Waals surface area contributed by atoms with E-state index in [1.165, 1.54) is 107 Å². The Kier molecular flexibility index (Phi) is 12.4. The van der Waals surface area contributed by atoms with Crippen molar-refractivity contribution in [2.75, 3.05) is 0 Å². The minimum Gasteiger partial charge on any atom is -0.423 e. The molecule has 0 radical (unpaired) electrons. The second-order valence-corrected chi connectivity index (χ2v) is 10.7. The summed E-state index contributed by atoms with van der Waals surface area (Å²) in [6, 6.07) is 16.2. The smallest absolute Gasteiger partial charge is 0.343 e. The van der Waals surface area contributed by atoms with Crippen LogP contribution in [0.5, 0.6) is 5.75 Å². The highest BCUT2D eigenvalue weighted by atomic mass is 16.5. The molecule has 0 spiro atoms. The van der Waals surface area contributed by atoms with Gasteiger partial charge in [0.1, 0.15) is 5.75 Å². The highest BCUT2D eigenvalue weighted by Gasteiger charge is 2.26. The molecule has 0 unspecified atom stereocenters. The normalized spacial score (nSPS) is 17.9. The van der Waals surface area contributed by atoms with E-state index in [4.69, 9.17) is 4.74 Å². The molecule has 1 aliphatic carbocycles. The Morgan fingerprint density at radius 3 is 2.06 bits per heavy atom. The Bertz CT molecular complexity index is 846. The molecule has 0 saturated heterocycles. The third kappa shape index (κ3) is 9.47. The van der Waals surface area contributed by atoms with Gasteiger partial charge in [-0.05, 0) is 79.7 Å². The van der Waals surface area contributed by atoms with E-state index in [0.29, 0.717) is 11.7 Å². The van der Waals surface area contributed by atoms with E-state index in [-0.39, 0.29) is 5.97 Å². The van der Waals surface area contributed by atoms with Crippen molar-refractivity contribution in [3.63, 3.8) is 0 Å². The zero-order chi connectivity index (χ0) is 24.7. The Morgan fingerprint density at radius 2 is 1.37 bits per heavy atom. The highest BCUT2D eigenvalue weighted by Crippen LogP contribution is 2.39. The number of carbonyl (C=O) groups excluding carboxylic acids is 1.